The lowest BCUT2D eigenvalue weighted by molar-refractivity contribution is 0.102. The maximum absolute atomic E-state index is 12.3. The summed E-state index contributed by atoms with van der Waals surface area (Å²) in [7, 11) is 0. The molecule has 0 heterocycles. The molecule has 4 nitrogen and oxygen atoms in total. The number of amides is 1. The van der Waals surface area contributed by atoms with Crippen LogP contribution in [0.3, 0.4) is 0 Å². The fraction of sp³-hybridized carbons (Fsp3) is 0. The SMILES string of the molecule is N#Cc1ccc(-c2ccc(N)c(NC(=O)c3ccccc3)c2)cc1. The number of benzene rings is 3. The zero-order valence-electron chi connectivity index (χ0n) is 12.9. The van der Waals surface area contributed by atoms with Crippen LogP contribution in [-0.2, 0) is 0 Å². The molecule has 0 aliphatic rings. The first-order chi connectivity index (χ1) is 11.7. The fourth-order valence-corrected chi connectivity index (χ4v) is 2.37. The number of nitrogen functional groups attached to an aromatic ring is 1. The molecule has 3 N–H and O–H groups in total. The number of nitriles is 1. The standard InChI is InChI=1S/C20H15N3O/c21-13-14-6-8-15(9-7-14)17-10-11-18(22)19(12-17)23-20(24)16-4-2-1-3-5-16/h1-12H,22H2,(H,23,24). The van der Waals surface area contributed by atoms with Gasteiger partial charge in [0.15, 0.2) is 0 Å². The number of rotatable bonds is 3. The third kappa shape index (κ3) is 3.26. The van der Waals surface area contributed by atoms with Crippen molar-refractivity contribution < 1.29 is 4.79 Å². The molecule has 0 radical (unpaired) electrons. The van der Waals surface area contributed by atoms with E-state index in [1.165, 1.54) is 0 Å². The lowest BCUT2D eigenvalue weighted by Gasteiger charge is -2.11. The van der Waals surface area contributed by atoms with Gasteiger partial charge in [0.25, 0.3) is 5.91 Å². The number of nitrogens with one attached hydrogen (secondary N) is 1. The van der Waals surface area contributed by atoms with Gasteiger partial charge in [-0.2, -0.15) is 5.26 Å². The van der Waals surface area contributed by atoms with Crippen molar-refractivity contribution in [3.8, 4) is 17.2 Å². The maximum atomic E-state index is 12.3. The summed E-state index contributed by atoms with van der Waals surface area (Å²) >= 11 is 0. The Morgan fingerprint density at radius 3 is 2.25 bits per heavy atom. The molecule has 3 aromatic carbocycles. The van der Waals surface area contributed by atoms with Crippen LogP contribution in [0, 0.1) is 11.3 Å². The van der Waals surface area contributed by atoms with E-state index in [0.29, 0.717) is 22.5 Å². The summed E-state index contributed by atoms with van der Waals surface area (Å²) in [6.07, 6.45) is 0. The smallest absolute Gasteiger partial charge is 0.255 e. The second kappa shape index (κ2) is 6.67. The van der Waals surface area contributed by atoms with Gasteiger partial charge in [-0.05, 0) is 47.5 Å². The molecule has 0 atom stereocenters. The van der Waals surface area contributed by atoms with E-state index in [1.807, 2.05) is 42.5 Å². The van der Waals surface area contributed by atoms with Gasteiger partial charge in [-0.3, -0.25) is 4.79 Å². The first-order valence-electron chi connectivity index (χ1n) is 7.44. The highest BCUT2D eigenvalue weighted by Crippen LogP contribution is 2.28. The van der Waals surface area contributed by atoms with Crippen molar-refractivity contribution >= 4 is 17.3 Å². The largest absolute Gasteiger partial charge is 0.397 e. The van der Waals surface area contributed by atoms with Crippen LogP contribution in [0.5, 0.6) is 0 Å². The highest BCUT2D eigenvalue weighted by Gasteiger charge is 2.09. The Kier molecular flexibility index (Phi) is 4.26. The first-order valence-corrected chi connectivity index (χ1v) is 7.44. The van der Waals surface area contributed by atoms with Crippen molar-refractivity contribution in [2.75, 3.05) is 11.1 Å². The predicted molar refractivity (Wildman–Crippen MR) is 95.4 cm³/mol. The van der Waals surface area contributed by atoms with Gasteiger partial charge in [-0.15, -0.1) is 0 Å². The van der Waals surface area contributed by atoms with E-state index in [2.05, 4.69) is 11.4 Å². The number of carbonyl (C=O) groups is 1. The second-order valence-electron chi connectivity index (χ2n) is 5.31. The molecular formula is C20H15N3O. The topological polar surface area (TPSA) is 78.9 Å². The van der Waals surface area contributed by atoms with E-state index >= 15 is 0 Å². The van der Waals surface area contributed by atoms with Gasteiger partial charge in [0.1, 0.15) is 0 Å². The number of hydrogen-bond acceptors (Lipinski definition) is 3. The Morgan fingerprint density at radius 1 is 0.917 bits per heavy atom. The van der Waals surface area contributed by atoms with Gasteiger partial charge >= 0.3 is 0 Å². The maximum Gasteiger partial charge on any atom is 0.255 e. The third-order valence-corrected chi connectivity index (χ3v) is 3.68. The van der Waals surface area contributed by atoms with Crippen LogP contribution in [0.15, 0.2) is 72.8 Å². The normalized spacial score (nSPS) is 9.96. The highest BCUT2D eigenvalue weighted by atomic mass is 16.1. The molecule has 0 aromatic heterocycles. The Balaban J connectivity index is 1.89. The molecular weight excluding hydrogens is 298 g/mol. The number of nitrogens with two attached hydrogens (primary N) is 1. The average Bonchev–Trinajstić information content (AvgIpc) is 2.64. The zero-order valence-corrected chi connectivity index (χ0v) is 12.9. The molecule has 116 valence electrons. The fourth-order valence-electron chi connectivity index (χ4n) is 2.37. The number of anilines is 2. The van der Waals surface area contributed by atoms with Crippen molar-refractivity contribution in [2.24, 2.45) is 0 Å². The Bertz CT molecular complexity index is 910. The average molecular weight is 313 g/mol. The summed E-state index contributed by atoms with van der Waals surface area (Å²) in [6, 6.07) is 23.8. The van der Waals surface area contributed by atoms with Crippen molar-refractivity contribution in [1.82, 2.24) is 0 Å². The van der Waals surface area contributed by atoms with E-state index in [-0.39, 0.29) is 5.91 Å². The quantitative estimate of drug-likeness (QED) is 0.716. The van der Waals surface area contributed by atoms with Gasteiger partial charge in [0.2, 0.25) is 0 Å². The Labute approximate surface area is 140 Å². The highest BCUT2D eigenvalue weighted by molar-refractivity contribution is 6.06. The molecule has 0 saturated carbocycles. The van der Waals surface area contributed by atoms with E-state index in [0.717, 1.165) is 11.1 Å². The molecule has 3 aromatic rings. The summed E-state index contributed by atoms with van der Waals surface area (Å²) in [4.78, 5) is 12.3. The van der Waals surface area contributed by atoms with Crippen LogP contribution in [0.4, 0.5) is 11.4 Å². The molecule has 0 bridgehead atoms. The summed E-state index contributed by atoms with van der Waals surface area (Å²) < 4.78 is 0. The lowest BCUT2D eigenvalue weighted by atomic mass is 10.0. The van der Waals surface area contributed by atoms with Gasteiger partial charge in [0, 0.05) is 5.56 Å². The Hall–Kier alpha value is -3.58. The number of nitrogens with zero attached hydrogens (tertiary/aromatic N) is 1. The van der Waals surface area contributed by atoms with Gasteiger partial charge < -0.3 is 11.1 Å². The molecule has 3 rings (SSSR count). The molecule has 0 spiro atoms. The van der Waals surface area contributed by atoms with Crippen LogP contribution in [0.25, 0.3) is 11.1 Å². The predicted octanol–water partition coefficient (Wildman–Crippen LogP) is 4.06. The lowest BCUT2D eigenvalue weighted by Crippen LogP contribution is -2.13. The summed E-state index contributed by atoms with van der Waals surface area (Å²) in [5.41, 5.74) is 10.1. The Morgan fingerprint density at radius 2 is 1.58 bits per heavy atom. The summed E-state index contributed by atoms with van der Waals surface area (Å²) in [6.45, 7) is 0. The molecule has 0 aliphatic heterocycles. The van der Waals surface area contributed by atoms with E-state index in [4.69, 9.17) is 11.0 Å². The molecule has 0 aliphatic carbocycles. The van der Waals surface area contributed by atoms with Crippen molar-refractivity contribution in [3.05, 3.63) is 83.9 Å². The second-order valence-corrected chi connectivity index (χ2v) is 5.31. The van der Waals surface area contributed by atoms with Gasteiger partial charge in [-0.1, -0.05) is 36.4 Å². The molecule has 0 fully saturated rings. The third-order valence-electron chi connectivity index (χ3n) is 3.68. The van der Waals surface area contributed by atoms with Crippen molar-refractivity contribution in [1.29, 1.82) is 5.26 Å². The zero-order chi connectivity index (χ0) is 16.9. The first kappa shape index (κ1) is 15.3. The molecule has 0 unspecified atom stereocenters. The minimum Gasteiger partial charge on any atom is -0.397 e. The van der Waals surface area contributed by atoms with E-state index in [1.54, 1.807) is 30.3 Å². The van der Waals surface area contributed by atoms with Crippen LogP contribution in [-0.4, -0.2) is 5.91 Å². The minimum absolute atomic E-state index is 0.209. The number of hydrogen-bond donors (Lipinski definition) is 2. The van der Waals surface area contributed by atoms with E-state index < -0.39 is 0 Å². The van der Waals surface area contributed by atoms with Crippen molar-refractivity contribution in [2.45, 2.75) is 0 Å². The van der Waals surface area contributed by atoms with E-state index in [9.17, 15) is 4.79 Å². The molecule has 24 heavy (non-hydrogen) atoms. The summed E-state index contributed by atoms with van der Waals surface area (Å²) in [5.74, 6) is -0.209. The van der Waals surface area contributed by atoms with Crippen LogP contribution < -0.4 is 11.1 Å². The minimum atomic E-state index is -0.209. The van der Waals surface area contributed by atoms with Crippen LogP contribution in [0.1, 0.15) is 15.9 Å². The molecule has 4 heteroatoms. The van der Waals surface area contributed by atoms with Crippen LogP contribution in [0.2, 0.25) is 0 Å². The molecule has 0 saturated heterocycles. The van der Waals surface area contributed by atoms with Gasteiger partial charge in [0.05, 0.1) is 23.0 Å². The monoisotopic (exact) mass is 313 g/mol. The number of carbonyl (C=O) groups excluding carboxylic acids is 1. The molecule has 1 amide bonds. The van der Waals surface area contributed by atoms with Crippen molar-refractivity contribution in [3.63, 3.8) is 0 Å². The van der Waals surface area contributed by atoms with Crippen LogP contribution >= 0.6 is 0 Å². The van der Waals surface area contributed by atoms with Gasteiger partial charge in [-0.25, -0.2) is 0 Å². The summed E-state index contributed by atoms with van der Waals surface area (Å²) in [5, 5.41) is 11.7.